The fourth-order valence-electron chi connectivity index (χ4n) is 3.80. The van der Waals surface area contributed by atoms with Crippen LogP contribution >= 0.6 is 0 Å². The van der Waals surface area contributed by atoms with E-state index in [0.29, 0.717) is 19.0 Å². The van der Waals surface area contributed by atoms with Crippen molar-refractivity contribution in [1.29, 1.82) is 0 Å². The van der Waals surface area contributed by atoms with Gasteiger partial charge in [0.05, 0.1) is 25.0 Å². The normalized spacial score (nSPS) is 21.3. The van der Waals surface area contributed by atoms with Crippen LogP contribution in [0.5, 0.6) is 0 Å². The van der Waals surface area contributed by atoms with Gasteiger partial charge in [0, 0.05) is 38.2 Å². The minimum absolute atomic E-state index is 0.0183. The molecule has 1 atom stereocenters. The molecular weight excluding hydrogens is 344 g/mol. The molecule has 2 aromatic heterocycles. The molecule has 3 heterocycles. The number of hydrogen-bond acceptors (Lipinski definition) is 6. The number of aromatic nitrogens is 4. The lowest BCUT2D eigenvalue weighted by Crippen LogP contribution is -2.49. The molecule has 8 nitrogen and oxygen atoms in total. The number of imidazole rings is 1. The Morgan fingerprint density at radius 3 is 2.96 bits per heavy atom. The monoisotopic (exact) mass is 370 g/mol. The van der Waals surface area contributed by atoms with Gasteiger partial charge in [-0.1, -0.05) is 0 Å². The third kappa shape index (κ3) is 3.66. The maximum Gasteiger partial charge on any atom is 0.240 e. The van der Waals surface area contributed by atoms with Gasteiger partial charge in [0.15, 0.2) is 5.82 Å². The van der Waals surface area contributed by atoms with Crippen LogP contribution in [0.15, 0.2) is 12.5 Å². The first-order chi connectivity index (χ1) is 12.9. The molecule has 2 aromatic rings. The molecule has 0 saturated carbocycles. The van der Waals surface area contributed by atoms with E-state index in [9.17, 15) is 4.79 Å². The zero-order valence-corrected chi connectivity index (χ0v) is 16.2. The van der Waals surface area contributed by atoms with E-state index in [4.69, 9.17) is 14.7 Å². The fourth-order valence-corrected chi connectivity index (χ4v) is 3.80. The molecule has 144 valence electrons. The standard InChI is InChI=1S/C19H26N6O2/c1-19(7-8-27-11-19)23-16(26)10-25(3)18-13-5-4-6-14(13)21-17(22-18)15-9-24(2)12-20-15/h9,12H,4-8,10-11H2,1-3H3,(H,23,26). The van der Waals surface area contributed by atoms with Crippen LogP contribution in [-0.2, 0) is 29.4 Å². The zero-order valence-electron chi connectivity index (χ0n) is 16.2. The summed E-state index contributed by atoms with van der Waals surface area (Å²) in [5.74, 6) is 1.44. The molecule has 1 aliphatic heterocycles. The summed E-state index contributed by atoms with van der Waals surface area (Å²) in [5.41, 5.74) is 2.70. The number of carbonyl (C=O) groups is 1. The number of ether oxygens (including phenoxy) is 1. The third-order valence-corrected chi connectivity index (χ3v) is 5.25. The summed E-state index contributed by atoms with van der Waals surface area (Å²) in [7, 11) is 3.84. The highest BCUT2D eigenvalue weighted by Gasteiger charge is 2.32. The maximum absolute atomic E-state index is 12.6. The van der Waals surface area contributed by atoms with Crippen LogP contribution in [0.1, 0.15) is 31.0 Å². The van der Waals surface area contributed by atoms with Gasteiger partial charge in [0.25, 0.3) is 0 Å². The predicted molar refractivity (Wildman–Crippen MR) is 102 cm³/mol. The first-order valence-corrected chi connectivity index (χ1v) is 9.41. The highest BCUT2D eigenvalue weighted by molar-refractivity contribution is 5.82. The molecule has 1 amide bonds. The fraction of sp³-hybridized carbons (Fsp3) is 0.579. The third-order valence-electron chi connectivity index (χ3n) is 5.25. The molecule has 1 aliphatic carbocycles. The van der Waals surface area contributed by atoms with E-state index in [0.717, 1.165) is 48.5 Å². The van der Waals surface area contributed by atoms with Gasteiger partial charge in [-0.3, -0.25) is 4.79 Å². The van der Waals surface area contributed by atoms with Crippen molar-refractivity contribution < 1.29 is 9.53 Å². The zero-order chi connectivity index (χ0) is 19.0. The van der Waals surface area contributed by atoms with Gasteiger partial charge < -0.3 is 19.5 Å². The van der Waals surface area contributed by atoms with Crippen LogP contribution < -0.4 is 10.2 Å². The average Bonchev–Trinajstić information content (AvgIpc) is 3.34. The summed E-state index contributed by atoms with van der Waals surface area (Å²) in [4.78, 5) is 28.4. The second-order valence-corrected chi connectivity index (χ2v) is 7.84. The van der Waals surface area contributed by atoms with Crippen molar-refractivity contribution in [2.24, 2.45) is 7.05 Å². The van der Waals surface area contributed by atoms with Crippen molar-refractivity contribution in [1.82, 2.24) is 24.8 Å². The van der Waals surface area contributed by atoms with Gasteiger partial charge in [-0.05, 0) is 32.6 Å². The van der Waals surface area contributed by atoms with E-state index >= 15 is 0 Å². The smallest absolute Gasteiger partial charge is 0.240 e. The van der Waals surface area contributed by atoms with Crippen LogP contribution in [0.4, 0.5) is 5.82 Å². The number of hydrogen-bond donors (Lipinski definition) is 1. The van der Waals surface area contributed by atoms with Crippen molar-refractivity contribution >= 4 is 11.7 Å². The molecule has 1 fully saturated rings. The van der Waals surface area contributed by atoms with E-state index in [2.05, 4.69) is 10.3 Å². The molecule has 4 rings (SSSR count). The summed E-state index contributed by atoms with van der Waals surface area (Å²) >= 11 is 0. The van der Waals surface area contributed by atoms with Crippen LogP contribution in [0.2, 0.25) is 0 Å². The molecule has 1 unspecified atom stereocenters. The average molecular weight is 370 g/mol. The van der Waals surface area contributed by atoms with Crippen molar-refractivity contribution in [3.8, 4) is 11.5 Å². The first-order valence-electron chi connectivity index (χ1n) is 9.41. The van der Waals surface area contributed by atoms with E-state index in [1.165, 1.54) is 0 Å². The number of fused-ring (bicyclic) bond motifs is 1. The maximum atomic E-state index is 12.6. The van der Waals surface area contributed by atoms with Gasteiger partial charge in [0.2, 0.25) is 5.91 Å². The Labute approximate surface area is 159 Å². The summed E-state index contributed by atoms with van der Waals surface area (Å²) in [6, 6.07) is 0. The van der Waals surface area contributed by atoms with E-state index in [1.54, 1.807) is 6.33 Å². The van der Waals surface area contributed by atoms with Crippen molar-refractivity contribution in [3.63, 3.8) is 0 Å². The predicted octanol–water partition coefficient (Wildman–Crippen LogP) is 1.10. The largest absolute Gasteiger partial charge is 0.379 e. The second-order valence-electron chi connectivity index (χ2n) is 7.84. The molecule has 0 aromatic carbocycles. The SMILES string of the molecule is CN(CC(=O)NC1(C)CCOC1)c1nc(-c2cn(C)cn2)nc2c1CCC2. The highest BCUT2D eigenvalue weighted by atomic mass is 16.5. The molecule has 2 aliphatic rings. The Morgan fingerprint density at radius 2 is 2.26 bits per heavy atom. The van der Waals surface area contributed by atoms with Crippen LogP contribution in [0.25, 0.3) is 11.5 Å². The van der Waals surface area contributed by atoms with Gasteiger partial charge in [0.1, 0.15) is 11.5 Å². The van der Waals surface area contributed by atoms with Gasteiger partial charge >= 0.3 is 0 Å². The van der Waals surface area contributed by atoms with E-state index < -0.39 is 0 Å². The second kappa shape index (κ2) is 6.92. The quantitative estimate of drug-likeness (QED) is 0.848. The lowest BCUT2D eigenvalue weighted by molar-refractivity contribution is -0.121. The number of anilines is 1. The van der Waals surface area contributed by atoms with Gasteiger partial charge in [-0.15, -0.1) is 0 Å². The summed E-state index contributed by atoms with van der Waals surface area (Å²) in [6.07, 6.45) is 7.46. The lowest BCUT2D eigenvalue weighted by Gasteiger charge is -2.26. The summed E-state index contributed by atoms with van der Waals surface area (Å²) in [6.45, 7) is 3.54. The topological polar surface area (TPSA) is 85.2 Å². The van der Waals surface area contributed by atoms with E-state index in [-0.39, 0.29) is 18.0 Å². The number of amides is 1. The minimum atomic E-state index is -0.273. The Kier molecular flexibility index (Phi) is 4.59. The van der Waals surface area contributed by atoms with Crippen molar-refractivity contribution in [3.05, 3.63) is 23.8 Å². The molecule has 27 heavy (non-hydrogen) atoms. The van der Waals surface area contributed by atoms with Crippen molar-refractivity contribution in [2.75, 3.05) is 31.7 Å². The first kappa shape index (κ1) is 17.9. The summed E-state index contributed by atoms with van der Waals surface area (Å²) in [5, 5.41) is 3.11. The Balaban J connectivity index is 1.56. The van der Waals surface area contributed by atoms with Crippen LogP contribution in [0, 0.1) is 0 Å². The number of aryl methyl sites for hydroxylation is 2. The number of carbonyl (C=O) groups excluding carboxylic acids is 1. The lowest BCUT2D eigenvalue weighted by atomic mass is 10.0. The molecule has 0 spiro atoms. The Hall–Kier alpha value is -2.48. The van der Waals surface area contributed by atoms with Crippen LogP contribution in [0.3, 0.4) is 0 Å². The number of likely N-dealkylation sites (N-methyl/N-ethyl adjacent to an activating group) is 1. The van der Waals surface area contributed by atoms with Gasteiger partial charge in [-0.2, -0.15) is 0 Å². The number of nitrogens with one attached hydrogen (secondary N) is 1. The van der Waals surface area contributed by atoms with Gasteiger partial charge in [-0.25, -0.2) is 15.0 Å². The number of rotatable bonds is 5. The Morgan fingerprint density at radius 1 is 1.41 bits per heavy atom. The molecule has 0 radical (unpaired) electrons. The van der Waals surface area contributed by atoms with E-state index in [1.807, 2.05) is 36.7 Å². The van der Waals surface area contributed by atoms with Crippen LogP contribution in [-0.4, -0.2) is 57.8 Å². The molecule has 1 N–H and O–H groups in total. The molecular formula is C19H26N6O2. The molecule has 1 saturated heterocycles. The molecule has 0 bridgehead atoms. The highest BCUT2D eigenvalue weighted by Crippen LogP contribution is 2.30. The molecule has 8 heteroatoms. The summed E-state index contributed by atoms with van der Waals surface area (Å²) < 4.78 is 7.30. The van der Waals surface area contributed by atoms with Crippen molar-refractivity contribution in [2.45, 2.75) is 38.1 Å². The minimum Gasteiger partial charge on any atom is -0.379 e. The Bertz CT molecular complexity index is 856. The number of nitrogens with zero attached hydrogens (tertiary/aromatic N) is 5.